The molecule has 38 heavy (non-hydrogen) atoms. The molecule has 0 aliphatic rings. The van der Waals surface area contributed by atoms with Gasteiger partial charge in [0.2, 0.25) is 0 Å². The van der Waals surface area contributed by atoms with Crippen molar-refractivity contribution in [3.8, 4) is 17.1 Å². The predicted octanol–water partition coefficient (Wildman–Crippen LogP) is 3.19. The van der Waals surface area contributed by atoms with Gasteiger partial charge < -0.3 is 24.1 Å². The zero-order valence-corrected chi connectivity index (χ0v) is 21.8. The monoisotopic (exact) mass is 576 g/mol. The van der Waals surface area contributed by atoms with Gasteiger partial charge in [0.25, 0.3) is 5.56 Å². The van der Waals surface area contributed by atoms with E-state index in [4.69, 9.17) is 20.6 Å². The third-order valence-corrected chi connectivity index (χ3v) is 9.15. The molecule has 2 unspecified atom stereocenters. The molecule has 3 N–H and O–H groups in total. The number of halogens is 1. The lowest BCUT2D eigenvalue weighted by Crippen LogP contribution is -2.15. The van der Waals surface area contributed by atoms with Gasteiger partial charge in [-0.15, -0.1) is 0 Å². The van der Waals surface area contributed by atoms with E-state index in [0.29, 0.717) is 26.5 Å². The van der Waals surface area contributed by atoms with Crippen molar-refractivity contribution in [2.75, 3.05) is 6.61 Å². The lowest BCUT2D eigenvalue weighted by molar-refractivity contribution is 0.300. The zero-order valence-electron chi connectivity index (χ0n) is 19.3. The Morgan fingerprint density at radius 1 is 1.05 bits per heavy atom. The fourth-order valence-corrected chi connectivity index (χ4v) is 6.57. The molecule has 0 saturated carbocycles. The summed E-state index contributed by atoms with van der Waals surface area (Å²) in [5.74, 6) is 0.947. The summed E-state index contributed by atoms with van der Waals surface area (Å²) in [4.78, 5) is 47.8. The van der Waals surface area contributed by atoms with Crippen LogP contribution in [0.3, 0.4) is 0 Å². The molecule has 2 aromatic carbocycles. The van der Waals surface area contributed by atoms with E-state index in [1.165, 1.54) is 36.8 Å². The summed E-state index contributed by atoms with van der Waals surface area (Å²) in [7, 11) is -9.38. The molecule has 0 spiro atoms. The van der Waals surface area contributed by atoms with Crippen LogP contribution in [0, 0.1) is 0 Å². The standard InChI is InChI=1S/C22H19ClN6O7P2/c23-16-3-5-17(6-4-16)35-12-11-29-19-20(25-13-26-22(19)30)27-21(29)15-1-7-18(8-2-15)37(31,32)36-38(33,34)28-10-9-24-14-28/h1-10,13-14H,11-12H2,(H,31,32)(H,33,34)(H,25,26,30). The zero-order chi connectivity index (χ0) is 26.9. The van der Waals surface area contributed by atoms with Crippen LogP contribution in [-0.4, -0.2) is 45.2 Å². The third kappa shape index (κ3) is 5.34. The van der Waals surface area contributed by atoms with Crippen LogP contribution in [0.1, 0.15) is 0 Å². The predicted molar refractivity (Wildman–Crippen MR) is 139 cm³/mol. The van der Waals surface area contributed by atoms with Gasteiger partial charge in [-0.05, 0) is 36.4 Å². The quantitative estimate of drug-likeness (QED) is 0.221. The Morgan fingerprint density at radius 3 is 2.47 bits per heavy atom. The maximum Gasteiger partial charge on any atom is 0.444 e. The van der Waals surface area contributed by atoms with Crippen molar-refractivity contribution >= 4 is 43.4 Å². The average Bonchev–Trinajstić information content (AvgIpc) is 3.55. The number of nitrogens with one attached hydrogen (secondary N) is 1. The summed E-state index contributed by atoms with van der Waals surface area (Å²) in [6.07, 6.45) is 4.61. The summed E-state index contributed by atoms with van der Waals surface area (Å²) >= 11 is 5.91. The highest BCUT2D eigenvalue weighted by atomic mass is 35.5. The molecule has 0 aliphatic heterocycles. The Labute approximate surface area is 219 Å². The molecule has 0 saturated heterocycles. The molecule has 2 atom stereocenters. The second-order valence-corrected chi connectivity index (χ2v) is 12.0. The molecule has 16 heteroatoms. The summed E-state index contributed by atoms with van der Waals surface area (Å²) in [6.45, 7) is 0.414. The number of aromatic nitrogens is 6. The molecule has 0 fully saturated rings. The van der Waals surface area contributed by atoms with E-state index in [-0.39, 0.29) is 29.6 Å². The van der Waals surface area contributed by atoms with Gasteiger partial charge in [0.1, 0.15) is 24.5 Å². The number of aromatic amines is 1. The molecule has 5 rings (SSSR count). The van der Waals surface area contributed by atoms with Crippen molar-refractivity contribution in [3.63, 3.8) is 0 Å². The van der Waals surface area contributed by atoms with Crippen LogP contribution in [-0.2, 0) is 20.0 Å². The summed E-state index contributed by atoms with van der Waals surface area (Å²) in [5, 5.41) is 0.350. The maximum atomic E-state index is 12.8. The maximum absolute atomic E-state index is 12.8. The van der Waals surface area contributed by atoms with E-state index >= 15 is 0 Å². The molecule has 0 radical (unpaired) electrons. The molecule has 0 aliphatic carbocycles. The van der Waals surface area contributed by atoms with E-state index in [0.717, 1.165) is 12.5 Å². The normalized spacial score (nSPS) is 14.7. The highest BCUT2D eigenvalue weighted by Crippen LogP contribution is 2.59. The number of ether oxygens (including phenoxy) is 1. The van der Waals surface area contributed by atoms with Crippen molar-refractivity contribution in [2.24, 2.45) is 0 Å². The van der Waals surface area contributed by atoms with E-state index in [1.807, 2.05) is 0 Å². The van der Waals surface area contributed by atoms with Gasteiger partial charge in [-0.25, -0.2) is 28.2 Å². The number of rotatable bonds is 9. The van der Waals surface area contributed by atoms with E-state index in [2.05, 4.69) is 19.9 Å². The lowest BCUT2D eigenvalue weighted by atomic mass is 10.2. The third-order valence-electron chi connectivity index (χ3n) is 5.40. The first-order valence-corrected chi connectivity index (χ1v) is 14.4. The van der Waals surface area contributed by atoms with Crippen LogP contribution in [0.25, 0.3) is 22.6 Å². The fourth-order valence-electron chi connectivity index (χ4n) is 3.63. The molecule has 5 aromatic rings. The van der Waals surface area contributed by atoms with Crippen LogP contribution < -0.4 is 15.6 Å². The number of nitrogens with zero attached hydrogens (tertiary/aromatic N) is 5. The first kappa shape index (κ1) is 26.1. The lowest BCUT2D eigenvalue weighted by Gasteiger charge is -2.17. The second-order valence-electron chi connectivity index (χ2n) is 7.88. The van der Waals surface area contributed by atoms with Crippen molar-refractivity contribution in [2.45, 2.75) is 6.54 Å². The van der Waals surface area contributed by atoms with Gasteiger partial charge in [-0.3, -0.25) is 9.36 Å². The number of hydrogen-bond acceptors (Lipinski definition) is 8. The van der Waals surface area contributed by atoms with Gasteiger partial charge in [0, 0.05) is 23.0 Å². The summed E-state index contributed by atoms with van der Waals surface area (Å²) < 4.78 is 38.0. The SMILES string of the molecule is O=c1[nH]cnc2nc(-c3ccc(P(=O)(O)OP(=O)(O)n4ccnc4)cc3)n(CCOc3ccc(Cl)cc3)c12. The Balaban J connectivity index is 1.43. The van der Waals surface area contributed by atoms with Crippen molar-refractivity contribution in [3.05, 3.63) is 89.0 Å². The highest BCUT2D eigenvalue weighted by Gasteiger charge is 2.35. The molecule has 3 aromatic heterocycles. The first-order chi connectivity index (χ1) is 18.1. The Bertz CT molecular complexity index is 1740. The molecule has 0 amide bonds. The van der Waals surface area contributed by atoms with Gasteiger partial charge in [0.15, 0.2) is 11.2 Å². The van der Waals surface area contributed by atoms with Gasteiger partial charge in [0.05, 0.1) is 18.2 Å². The minimum absolute atomic E-state index is 0.187. The molecular formula is C22H19ClN6O7P2. The Hall–Kier alpha value is -3.57. The van der Waals surface area contributed by atoms with E-state index < -0.39 is 20.9 Å². The van der Waals surface area contributed by atoms with E-state index in [1.54, 1.807) is 28.8 Å². The van der Waals surface area contributed by atoms with Gasteiger partial charge in [-0.1, -0.05) is 23.7 Å². The number of fused-ring (bicyclic) bond motifs is 1. The highest BCUT2D eigenvalue weighted by molar-refractivity contribution is 7.70. The Morgan fingerprint density at radius 2 is 1.79 bits per heavy atom. The van der Waals surface area contributed by atoms with Crippen molar-refractivity contribution in [1.82, 2.24) is 28.8 Å². The van der Waals surface area contributed by atoms with Crippen LogP contribution in [0.4, 0.5) is 0 Å². The van der Waals surface area contributed by atoms with Crippen LogP contribution in [0.5, 0.6) is 5.75 Å². The first-order valence-electron chi connectivity index (χ1n) is 10.9. The summed E-state index contributed by atoms with van der Waals surface area (Å²) in [5.41, 5.74) is 0.517. The van der Waals surface area contributed by atoms with Gasteiger partial charge in [-0.2, -0.15) is 0 Å². The smallest absolute Gasteiger partial charge is 0.444 e. The number of H-pyrrole nitrogens is 1. The van der Waals surface area contributed by atoms with Crippen LogP contribution in [0.2, 0.25) is 5.02 Å². The Kier molecular flexibility index (Phi) is 7.06. The fraction of sp³-hybridized carbons (Fsp3) is 0.0909. The van der Waals surface area contributed by atoms with Crippen LogP contribution >= 0.6 is 26.9 Å². The molecule has 196 valence electrons. The van der Waals surface area contributed by atoms with Crippen molar-refractivity contribution in [1.29, 1.82) is 0 Å². The topological polar surface area (TPSA) is 174 Å². The number of imidazole rings is 2. The minimum atomic E-state index is -4.71. The van der Waals surface area contributed by atoms with Crippen LogP contribution in [0.15, 0.2) is 78.4 Å². The minimum Gasteiger partial charge on any atom is -0.492 e. The van der Waals surface area contributed by atoms with E-state index in [9.17, 15) is 23.7 Å². The number of hydrogen-bond donors (Lipinski definition) is 3. The molecule has 3 heterocycles. The summed E-state index contributed by atoms with van der Waals surface area (Å²) in [6, 6.07) is 12.3. The average molecular weight is 577 g/mol. The molecule has 0 bridgehead atoms. The molecule has 13 nitrogen and oxygen atoms in total. The number of benzene rings is 2. The largest absolute Gasteiger partial charge is 0.492 e. The van der Waals surface area contributed by atoms with Crippen molar-refractivity contribution < 1.29 is 28.0 Å². The van der Waals surface area contributed by atoms with Gasteiger partial charge >= 0.3 is 15.3 Å². The second kappa shape index (κ2) is 10.3. The molecular weight excluding hydrogens is 558 g/mol.